The van der Waals surface area contributed by atoms with Crippen molar-refractivity contribution >= 4 is 37.3 Å². The van der Waals surface area contributed by atoms with Crippen molar-refractivity contribution in [2.24, 2.45) is 0 Å². The fourth-order valence-electron chi connectivity index (χ4n) is 1.67. The second kappa shape index (κ2) is 5.88. The van der Waals surface area contributed by atoms with Gasteiger partial charge < -0.3 is 0 Å². The van der Waals surface area contributed by atoms with E-state index in [1.807, 2.05) is 0 Å². The molecule has 0 saturated carbocycles. The van der Waals surface area contributed by atoms with Crippen LogP contribution in [0.4, 0.5) is 8.78 Å². The van der Waals surface area contributed by atoms with Crippen LogP contribution in [0.3, 0.4) is 0 Å². The highest BCUT2D eigenvalue weighted by molar-refractivity contribution is 9.10. The van der Waals surface area contributed by atoms with Gasteiger partial charge in [0.2, 0.25) is 0 Å². The van der Waals surface area contributed by atoms with Gasteiger partial charge in [-0.25, -0.2) is 21.9 Å². The van der Waals surface area contributed by atoms with E-state index in [0.29, 0.717) is 4.47 Å². The van der Waals surface area contributed by atoms with Crippen molar-refractivity contribution in [3.8, 4) is 0 Å². The van der Waals surface area contributed by atoms with Crippen LogP contribution in [0.15, 0.2) is 38.3 Å². The molecule has 108 valence electrons. The molecule has 0 amide bonds. The van der Waals surface area contributed by atoms with Gasteiger partial charge in [0.25, 0.3) is 10.0 Å². The number of thiophene rings is 1. The molecule has 0 spiro atoms. The summed E-state index contributed by atoms with van der Waals surface area (Å²) in [7, 11) is -3.76. The Kier molecular flexibility index (Phi) is 4.58. The molecule has 1 unspecified atom stereocenters. The van der Waals surface area contributed by atoms with E-state index in [1.165, 1.54) is 13.0 Å². The first-order valence-corrected chi connectivity index (χ1v) is 8.67. The molecule has 0 bridgehead atoms. The Hall–Kier alpha value is -0.830. The van der Waals surface area contributed by atoms with E-state index in [0.717, 1.165) is 23.5 Å². The van der Waals surface area contributed by atoms with Gasteiger partial charge in [0, 0.05) is 22.1 Å². The van der Waals surface area contributed by atoms with Gasteiger partial charge in [0.05, 0.1) is 0 Å². The lowest BCUT2D eigenvalue weighted by Crippen LogP contribution is -2.27. The molecule has 0 aliphatic rings. The predicted octanol–water partition coefficient (Wildman–Crippen LogP) is 3.83. The van der Waals surface area contributed by atoms with Crippen LogP contribution in [0.5, 0.6) is 0 Å². The highest BCUT2D eigenvalue weighted by Gasteiger charge is 2.23. The Bertz CT molecular complexity index is 731. The fraction of sp³-hybridized carbons (Fsp3) is 0.167. The highest BCUT2D eigenvalue weighted by atomic mass is 79.9. The molecule has 1 aromatic heterocycles. The number of nitrogens with one attached hydrogen (secondary N) is 1. The van der Waals surface area contributed by atoms with Crippen LogP contribution < -0.4 is 4.72 Å². The van der Waals surface area contributed by atoms with Crippen LogP contribution >= 0.6 is 27.3 Å². The summed E-state index contributed by atoms with van der Waals surface area (Å²) in [5.74, 6) is -1.49. The van der Waals surface area contributed by atoms with E-state index in [9.17, 15) is 17.2 Å². The first kappa shape index (κ1) is 15.6. The van der Waals surface area contributed by atoms with Crippen LogP contribution in [0.1, 0.15) is 18.5 Å². The van der Waals surface area contributed by atoms with Crippen molar-refractivity contribution in [3.05, 3.63) is 51.3 Å². The van der Waals surface area contributed by atoms with Gasteiger partial charge >= 0.3 is 0 Å². The van der Waals surface area contributed by atoms with E-state index >= 15 is 0 Å². The first-order valence-electron chi connectivity index (χ1n) is 5.51. The van der Waals surface area contributed by atoms with Gasteiger partial charge in [-0.05, 0) is 40.4 Å². The Labute approximate surface area is 127 Å². The summed E-state index contributed by atoms with van der Waals surface area (Å²) in [6.07, 6.45) is 0. The predicted molar refractivity (Wildman–Crippen MR) is 77.1 cm³/mol. The van der Waals surface area contributed by atoms with Crippen molar-refractivity contribution in [1.82, 2.24) is 4.72 Å². The van der Waals surface area contributed by atoms with Crippen LogP contribution in [0.25, 0.3) is 0 Å². The fourth-order valence-corrected chi connectivity index (χ4v) is 5.25. The zero-order valence-electron chi connectivity index (χ0n) is 10.2. The van der Waals surface area contributed by atoms with E-state index in [4.69, 9.17) is 0 Å². The molecule has 3 nitrogen and oxygen atoms in total. The smallest absolute Gasteiger partial charge is 0.207 e. The van der Waals surface area contributed by atoms with Gasteiger partial charge in [-0.3, -0.25) is 0 Å². The molecule has 0 saturated heterocycles. The maximum Gasteiger partial charge on any atom is 0.251 e. The molecule has 0 aliphatic carbocycles. The van der Waals surface area contributed by atoms with Crippen LogP contribution in [0.2, 0.25) is 0 Å². The summed E-state index contributed by atoms with van der Waals surface area (Å²) in [5.41, 5.74) is 0.0858. The maximum absolute atomic E-state index is 13.6. The topological polar surface area (TPSA) is 46.2 Å². The van der Waals surface area contributed by atoms with Gasteiger partial charge in [-0.15, -0.1) is 11.3 Å². The molecular formula is C12H10BrF2NO2S2. The first-order chi connectivity index (χ1) is 9.31. The SMILES string of the molecule is CC(NS(=O)(=O)c1sccc1Br)c1ccc(F)cc1F. The lowest BCUT2D eigenvalue weighted by molar-refractivity contribution is 0.540. The minimum absolute atomic E-state index is 0.0858. The lowest BCUT2D eigenvalue weighted by atomic mass is 10.1. The van der Waals surface area contributed by atoms with E-state index in [2.05, 4.69) is 20.7 Å². The average molecular weight is 382 g/mol. The summed E-state index contributed by atoms with van der Waals surface area (Å²) in [4.78, 5) is 0. The summed E-state index contributed by atoms with van der Waals surface area (Å²) in [6.45, 7) is 1.50. The Balaban J connectivity index is 2.28. The number of hydrogen-bond donors (Lipinski definition) is 1. The van der Waals surface area contributed by atoms with E-state index in [1.54, 1.807) is 11.4 Å². The van der Waals surface area contributed by atoms with Crippen molar-refractivity contribution in [1.29, 1.82) is 0 Å². The molecule has 1 atom stereocenters. The number of halogens is 3. The molecule has 2 aromatic rings. The van der Waals surface area contributed by atoms with Gasteiger partial charge in [-0.1, -0.05) is 6.07 Å². The Morgan fingerprint density at radius 2 is 2.00 bits per heavy atom. The largest absolute Gasteiger partial charge is 0.251 e. The molecule has 0 fully saturated rings. The molecule has 20 heavy (non-hydrogen) atoms. The molecule has 1 N–H and O–H groups in total. The quantitative estimate of drug-likeness (QED) is 0.874. The zero-order chi connectivity index (χ0) is 14.9. The maximum atomic E-state index is 13.6. The van der Waals surface area contributed by atoms with Gasteiger partial charge in [0.15, 0.2) is 0 Å². The second-order valence-electron chi connectivity index (χ2n) is 4.06. The number of hydrogen-bond acceptors (Lipinski definition) is 3. The standard InChI is InChI=1S/C12H10BrF2NO2S2/c1-7(9-3-2-8(14)6-11(9)15)16-20(17,18)12-10(13)4-5-19-12/h2-7,16H,1H3. The van der Waals surface area contributed by atoms with Crippen LogP contribution in [-0.4, -0.2) is 8.42 Å². The molecular weight excluding hydrogens is 372 g/mol. The molecule has 1 aromatic carbocycles. The summed E-state index contributed by atoms with van der Waals surface area (Å²) in [6, 6.07) is 3.84. The van der Waals surface area contributed by atoms with Gasteiger partial charge in [-0.2, -0.15) is 0 Å². The normalized spacial score (nSPS) is 13.4. The molecule has 0 radical (unpaired) electrons. The second-order valence-corrected chi connectivity index (χ2v) is 7.74. The molecule has 0 aliphatic heterocycles. The lowest BCUT2D eigenvalue weighted by Gasteiger charge is -2.15. The monoisotopic (exact) mass is 381 g/mol. The third kappa shape index (κ3) is 3.25. The molecule has 8 heteroatoms. The van der Waals surface area contributed by atoms with E-state index in [-0.39, 0.29) is 9.77 Å². The summed E-state index contributed by atoms with van der Waals surface area (Å²) < 4.78 is 53.7. The molecule has 1 heterocycles. The third-order valence-electron chi connectivity index (χ3n) is 2.59. The Morgan fingerprint density at radius 3 is 2.55 bits per heavy atom. The summed E-state index contributed by atoms with van der Waals surface area (Å²) in [5, 5.41) is 1.63. The number of benzene rings is 1. The number of sulfonamides is 1. The zero-order valence-corrected chi connectivity index (χ0v) is 13.4. The highest BCUT2D eigenvalue weighted by Crippen LogP contribution is 2.29. The van der Waals surface area contributed by atoms with Crippen molar-refractivity contribution in [2.45, 2.75) is 17.2 Å². The van der Waals surface area contributed by atoms with Crippen LogP contribution in [-0.2, 0) is 10.0 Å². The van der Waals surface area contributed by atoms with Crippen molar-refractivity contribution in [2.75, 3.05) is 0 Å². The Morgan fingerprint density at radius 1 is 1.30 bits per heavy atom. The molecule has 2 rings (SSSR count). The van der Waals surface area contributed by atoms with Crippen LogP contribution in [0, 0.1) is 11.6 Å². The minimum Gasteiger partial charge on any atom is -0.207 e. The van der Waals surface area contributed by atoms with Gasteiger partial charge in [0.1, 0.15) is 15.8 Å². The van der Waals surface area contributed by atoms with Crippen molar-refractivity contribution < 1.29 is 17.2 Å². The average Bonchev–Trinajstić information content (AvgIpc) is 2.75. The third-order valence-corrected chi connectivity index (χ3v) is 6.80. The summed E-state index contributed by atoms with van der Waals surface area (Å²) >= 11 is 4.19. The minimum atomic E-state index is -3.76. The number of rotatable bonds is 4. The van der Waals surface area contributed by atoms with E-state index < -0.39 is 27.7 Å². The van der Waals surface area contributed by atoms with Crippen molar-refractivity contribution in [3.63, 3.8) is 0 Å².